The van der Waals surface area contributed by atoms with Gasteiger partial charge < -0.3 is 10.6 Å². The Balaban J connectivity index is 1.61. The van der Waals surface area contributed by atoms with E-state index in [1.807, 2.05) is 47.8 Å². The third-order valence-electron chi connectivity index (χ3n) is 4.18. The van der Waals surface area contributed by atoms with Crippen LogP contribution in [0.25, 0.3) is 21.1 Å². The molecule has 2 N–H and O–H groups in total. The molecule has 1 aliphatic rings. The molecule has 0 spiro atoms. The summed E-state index contributed by atoms with van der Waals surface area (Å²) in [5.74, 6) is -0.254. The van der Waals surface area contributed by atoms with Crippen LogP contribution in [0.5, 0.6) is 0 Å². The molecule has 1 saturated heterocycles. The van der Waals surface area contributed by atoms with E-state index < -0.39 is 6.04 Å². The number of thiophene rings is 1. The summed E-state index contributed by atoms with van der Waals surface area (Å²) < 4.78 is 0. The van der Waals surface area contributed by atoms with E-state index in [4.69, 9.17) is 4.98 Å². The molecule has 7 heteroatoms. The van der Waals surface area contributed by atoms with Crippen molar-refractivity contribution in [3.63, 3.8) is 0 Å². The number of rotatable bonds is 5. The quantitative estimate of drug-likeness (QED) is 0.711. The second-order valence-corrected chi connectivity index (χ2v) is 8.04. The lowest BCUT2D eigenvalue weighted by Crippen LogP contribution is -2.40. The number of carbonyl (C=O) groups excluding carboxylic acids is 2. The van der Waals surface area contributed by atoms with Crippen LogP contribution in [-0.2, 0) is 16.0 Å². The van der Waals surface area contributed by atoms with Crippen molar-refractivity contribution in [1.82, 2.24) is 15.6 Å². The summed E-state index contributed by atoms with van der Waals surface area (Å²) in [6.07, 6.45) is 0.857. The minimum absolute atomic E-state index is 0.106. The fourth-order valence-corrected chi connectivity index (χ4v) is 4.80. The molecule has 132 valence electrons. The molecule has 1 aliphatic heterocycles. The van der Waals surface area contributed by atoms with Gasteiger partial charge in [-0.1, -0.05) is 36.4 Å². The Morgan fingerprint density at radius 1 is 1.23 bits per heavy atom. The first-order valence-corrected chi connectivity index (χ1v) is 10.1. The number of amides is 2. The minimum Gasteiger partial charge on any atom is -0.354 e. The van der Waals surface area contributed by atoms with Gasteiger partial charge in [0.15, 0.2) is 0 Å². The summed E-state index contributed by atoms with van der Waals surface area (Å²) in [6.45, 7) is 0.613. The molecule has 1 aromatic carbocycles. The molecule has 0 aliphatic carbocycles. The van der Waals surface area contributed by atoms with Gasteiger partial charge >= 0.3 is 0 Å². The molecule has 26 heavy (non-hydrogen) atoms. The standard InChI is InChI=1S/C19H17N3O2S2/c23-16(21-13-8-9-20-18(13)24)11-15-17(12-5-2-1-3-6-12)22-19(26-15)14-7-4-10-25-14/h1-7,10,13H,8-9,11H2,(H,20,24)(H,21,23)/t13-/m0/s1. The van der Waals surface area contributed by atoms with Gasteiger partial charge in [0.25, 0.3) is 0 Å². The molecule has 0 unspecified atom stereocenters. The zero-order valence-corrected chi connectivity index (χ0v) is 15.5. The van der Waals surface area contributed by atoms with Gasteiger partial charge in [0.1, 0.15) is 11.0 Å². The Labute approximate surface area is 159 Å². The highest BCUT2D eigenvalue weighted by molar-refractivity contribution is 7.21. The molecule has 1 atom stereocenters. The van der Waals surface area contributed by atoms with E-state index >= 15 is 0 Å². The molecule has 0 saturated carbocycles. The molecular formula is C19H17N3O2S2. The number of thiazole rings is 1. The molecule has 5 nitrogen and oxygen atoms in total. The Bertz CT molecular complexity index is 920. The monoisotopic (exact) mass is 383 g/mol. The number of hydrogen-bond acceptors (Lipinski definition) is 5. The highest BCUT2D eigenvalue weighted by atomic mass is 32.1. The Morgan fingerprint density at radius 2 is 2.08 bits per heavy atom. The SMILES string of the molecule is O=C(Cc1sc(-c2cccs2)nc1-c1ccccc1)N[C@H]1CCNC1=O. The van der Waals surface area contributed by atoms with Gasteiger partial charge in [-0.25, -0.2) is 4.98 Å². The predicted octanol–water partition coefficient (Wildman–Crippen LogP) is 3.09. The summed E-state index contributed by atoms with van der Waals surface area (Å²) in [6, 6.07) is 13.5. The largest absolute Gasteiger partial charge is 0.354 e. The predicted molar refractivity (Wildman–Crippen MR) is 104 cm³/mol. The van der Waals surface area contributed by atoms with Crippen LogP contribution in [0.4, 0.5) is 0 Å². The lowest BCUT2D eigenvalue weighted by atomic mass is 10.1. The molecule has 0 bridgehead atoms. The maximum atomic E-state index is 12.5. The number of benzene rings is 1. The average Bonchev–Trinajstić information content (AvgIpc) is 3.38. The molecule has 0 radical (unpaired) electrons. The number of aromatic nitrogens is 1. The van der Waals surface area contributed by atoms with Crippen molar-refractivity contribution in [3.05, 3.63) is 52.7 Å². The van der Waals surface area contributed by atoms with E-state index in [0.29, 0.717) is 13.0 Å². The zero-order chi connectivity index (χ0) is 17.9. The summed E-state index contributed by atoms with van der Waals surface area (Å²) in [7, 11) is 0. The second kappa shape index (κ2) is 7.39. The highest BCUT2D eigenvalue weighted by Crippen LogP contribution is 2.36. The average molecular weight is 383 g/mol. The van der Waals surface area contributed by atoms with Crippen molar-refractivity contribution in [2.45, 2.75) is 18.9 Å². The molecule has 3 aromatic rings. The summed E-state index contributed by atoms with van der Waals surface area (Å²) >= 11 is 3.17. The maximum absolute atomic E-state index is 12.5. The van der Waals surface area contributed by atoms with Crippen molar-refractivity contribution >= 4 is 34.5 Å². The smallest absolute Gasteiger partial charge is 0.242 e. The Hall–Kier alpha value is -2.51. The fourth-order valence-electron chi connectivity index (χ4n) is 2.92. The van der Waals surface area contributed by atoms with Gasteiger partial charge in [-0.05, 0) is 17.9 Å². The van der Waals surface area contributed by atoms with Crippen molar-refractivity contribution in [2.24, 2.45) is 0 Å². The van der Waals surface area contributed by atoms with Gasteiger partial charge in [-0.2, -0.15) is 0 Å². The van der Waals surface area contributed by atoms with Crippen LogP contribution in [0.1, 0.15) is 11.3 Å². The zero-order valence-electron chi connectivity index (χ0n) is 13.9. The summed E-state index contributed by atoms with van der Waals surface area (Å²) in [5.41, 5.74) is 1.83. The van der Waals surface area contributed by atoms with E-state index in [2.05, 4.69) is 10.6 Å². The van der Waals surface area contributed by atoms with Crippen LogP contribution in [0.2, 0.25) is 0 Å². The van der Waals surface area contributed by atoms with E-state index in [1.54, 1.807) is 11.3 Å². The van der Waals surface area contributed by atoms with Crippen LogP contribution in [0, 0.1) is 0 Å². The summed E-state index contributed by atoms with van der Waals surface area (Å²) in [5, 5.41) is 8.50. The Kier molecular flexibility index (Phi) is 4.81. The molecule has 4 rings (SSSR count). The van der Waals surface area contributed by atoms with Crippen LogP contribution in [0.3, 0.4) is 0 Å². The third-order valence-corrected chi connectivity index (χ3v) is 6.28. The first kappa shape index (κ1) is 16.9. The van der Waals surface area contributed by atoms with Crippen molar-refractivity contribution < 1.29 is 9.59 Å². The molecule has 2 amide bonds. The van der Waals surface area contributed by atoms with Crippen molar-refractivity contribution in [1.29, 1.82) is 0 Å². The van der Waals surface area contributed by atoms with E-state index in [9.17, 15) is 9.59 Å². The van der Waals surface area contributed by atoms with Gasteiger partial charge in [0, 0.05) is 17.0 Å². The van der Waals surface area contributed by atoms with Crippen LogP contribution < -0.4 is 10.6 Å². The Morgan fingerprint density at radius 3 is 2.77 bits per heavy atom. The topological polar surface area (TPSA) is 71.1 Å². The van der Waals surface area contributed by atoms with Gasteiger partial charge in [0.05, 0.1) is 17.0 Å². The van der Waals surface area contributed by atoms with Crippen LogP contribution >= 0.6 is 22.7 Å². The lowest BCUT2D eigenvalue weighted by molar-refractivity contribution is -0.126. The molecule has 1 fully saturated rings. The number of hydrogen-bond donors (Lipinski definition) is 2. The maximum Gasteiger partial charge on any atom is 0.242 e. The molecule has 3 heterocycles. The normalized spacial score (nSPS) is 16.5. The van der Waals surface area contributed by atoms with Gasteiger partial charge in [-0.3, -0.25) is 9.59 Å². The molecule has 2 aromatic heterocycles. The third kappa shape index (κ3) is 3.54. The first-order valence-electron chi connectivity index (χ1n) is 8.37. The second-order valence-electron chi connectivity index (χ2n) is 6.01. The van der Waals surface area contributed by atoms with Crippen LogP contribution in [-0.4, -0.2) is 29.4 Å². The molecular weight excluding hydrogens is 366 g/mol. The van der Waals surface area contributed by atoms with Gasteiger partial charge in [0.2, 0.25) is 11.8 Å². The van der Waals surface area contributed by atoms with Crippen LogP contribution in [0.15, 0.2) is 47.8 Å². The van der Waals surface area contributed by atoms with E-state index in [0.717, 1.165) is 26.0 Å². The lowest BCUT2D eigenvalue weighted by Gasteiger charge is -2.09. The van der Waals surface area contributed by atoms with E-state index in [-0.39, 0.29) is 18.2 Å². The van der Waals surface area contributed by atoms with Gasteiger partial charge in [-0.15, -0.1) is 22.7 Å². The summed E-state index contributed by atoms with van der Waals surface area (Å²) in [4.78, 5) is 31.0. The minimum atomic E-state index is -0.424. The van der Waals surface area contributed by atoms with Crippen molar-refractivity contribution in [3.8, 4) is 21.1 Å². The highest BCUT2D eigenvalue weighted by Gasteiger charge is 2.26. The first-order chi connectivity index (χ1) is 12.7. The fraction of sp³-hybridized carbons (Fsp3) is 0.211. The number of nitrogens with zero attached hydrogens (tertiary/aromatic N) is 1. The van der Waals surface area contributed by atoms with Crippen molar-refractivity contribution in [2.75, 3.05) is 6.54 Å². The number of carbonyl (C=O) groups is 2. The number of nitrogens with one attached hydrogen (secondary N) is 2. The van der Waals surface area contributed by atoms with E-state index in [1.165, 1.54) is 11.3 Å².